The number of rotatable bonds is 5. The summed E-state index contributed by atoms with van der Waals surface area (Å²) < 4.78 is 53.7. The summed E-state index contributed by atoms with van der Waals surface area (Å²) >= 11 is 0. The van der Waals surface area contributed by atoms with Crippen molar-refractivity contribution in [2.75, 3.05) is 12.8 Å². The molecule has 0 radical (unpaired) electrons. The molecular formula is C20H24N2O5S2. The molecule has 2 aliphatic heterocycles. The molecule has 7 nitrogen and oxygen atoms in total. The predicted octanol–water partition coefficient (Wildman–Crippen LogP) is 2.19. The van der Waals surface area contributed by atoms with Gasteiger partial charge in [0.15, 0.2) is 0 Å². The van der Waals surface area contributed by atoms with Crippen LogP contribution in [0.15, 0.2) is 47.4 Å². The summed E-state index contributed by atoms with van der Waals surface area (Å²) in [5.41, 5.74) is 0. The molecule has 0 N–H and O–H groups in total. The van der Waals surface area contributed by atoms with E-state index in [1.54, 1.807) is 12.1 Å². The topological polar surface area (TPSA) is 91.8 Å². The number of hydrogen-bond donors (Lipinski definition) is 0. The maximum atomic E-state index is 13.5. The van der Waals surface area contributed by atoms with Crippen molar-refractivity contribution in [2.24, 2.45) is 5.92 Å². The van der Waals surface area contributed by atoms with Crippen LogP contribution in [0.4, 0.5) is 0 Å². The molecule has 3 atom stereocenters. The highest BCUT2D eigenvalue weighted by Crippen LogP contribution is 2.42. The van der Waals surface area contributed by atoms with E-state index in [9.17, 15) is 21.6 Å². The lowest BCUT2D eigenvalue weighted by molar-refractivity contribution is -0.128. The monoisotopic (exact) mass is 436 g/mol. The Morgan fingerprint density at radius 3 is 2.38 bits per heavy atom. The molecule has 0 bridgehead atoms. The van der Waals surface area contributed by atoms with Crippen molar-refractivity contribution in [3.05, 3.63) is 42.5 Å². The maximum Gasteiger partial charge on any atom is 0.266 e. The smallest absolute Gasteiger partial charge is 0.266 e. The van der Waals surface area contributed by atoms with Crippen molar-refractivity contribution in [2.45, 2.75) is 43.2 Å². The quantitative estimate of drug-likeness (QED) is 0.716. The fourth-order valence-corrected chi connectivity index (χ4v) is 7.57. The number of hydrogen-bond acceptors (Lipinski definition) is 5. The van der Waals surface area contributed by atoms with Crippen LogP contribution >= 0.6 is 0 Å². The second kappa shape index (κ2) is 7.07. The van der Waals surface area contributed by atoms with E-state index in [2.05, 4.69) is 0 Å². The Balaban J connectivity index is 1.79. The summed E-state index contributed by atoms with van der Waals surface area (Å²) in [7, 11) is -7.63. The first-order valence-electron chi connectivity index (χ1n) is 9.70. The standard InChI is InChI=1S/C20H24N2O5S2/c1-3-6-17-19-18(11-12-21(19)28(2,24)25)22(20(17)23)29(26,27)16-10-9-14-7-4-5-8-15(14)13-16/h4-5,7-10,13,17-19H,3,6,11-12H2,1-2H3/t17-,18+,19-/m1/s1. The van der Waals surface area contributed by atoms with Gasteiger partial charge in [0.1, 0.15) is 0 Å². The number of carbonyl (C=O) groups is 1. The van der Waals surface area contributed by atoms with E-state index >= 15 is 0 Å². The van der Waals surface area contributed by atoms with Crippen molar-refractivity contribution in [1.29, 1.82) is 0 Å². The molecule has 0 aliphatic carbocycles. The van der Waals surface area contributed by atoms with Crippen LogP contribution in [0, 0.1) is 5.92 Å². The van der Waals surface area contributed by atoms with Crippen molar-refractivity contribution in [3.8, 4) is 0 Å². The minimum Gasteiger partial charge on any atom is -0.273 e. The Morgan fingerprint density at radius 2 is 1.72 bits per heavy atom. The maximum absolute atomic E-state index is 13.5. The van der Waals surface area contributed by atoms with Crippen LogP contribution in [0.2, 0.25) is 0 Å². The van der Waals surface area contributed by atoms with E-state index in [1.807, 2.05) is 31.2 Å². The van der Waals surface area contributed by atoms with Crippen LogP contribution in [-0.2, 0) is 24.8 Å². The molecule has 9 heteroatoms. The molecule has 0 spiro atoms. The van der Waals surface area contributed by atoms with Gasteiger partial charge in [-0.15, -0.1) is 0 Å². The highest BCUT2D eigenvalue weighted by atomic mass is 32.2. The molecule has 4 rings (SSSR count). The molecule has 156 valence electrons. The normalized spacial score (nSPS) is 25.7. The first-order chi connectivity index (χ1) is 13.7. The number of nitrogens with zero attached hydrogens (tertiary/aromatic N) is 2. The van der Waals surface area contributed by atoms with Gasteiger partial charge in [0.2, 0.25) is 15.9 Å². The molecular weight excluding hydrogens is 412 g/mol. The third-order valence-electron chi connectivity index (χ3n) is 5.92. The zero-order chi connectivity index (χ0) is 21.0. The lowest BCUT2D eigenvalue weighted by Crippen LogP contribution is -2.42. The van der Waals surface area contributed by atoms with Crippen LogP contribution in [-0.4, -0.2) is 56.2 Å². The molecule has 2 aromatic rings. The number of carbonyl (C=O) groups excluding carboxylic acids is 1. The highest BCUT2D eigenvalue weighted by Gasteiger charge is 2.58. The van der Waals surface area contributed by atoms with Crippen LogP contribution in [0.3, 0.4) is 0 Å². The van der Waals surface area contributed by atoms with Crippen molar-refractivity contribution < 1.29 is 21.6 Å². The number of benzene rings is 2. The van der Waals surface area contributed by atoms with Gasteiger partial charge >= 0.3 is 0 Å². The van der Waals surface area contributed by atoms with Crippen LogP contribution < -0.4 is 0 Å². The van der Waals surface area contributed by atoms with Gasteiger partial charge in [0.05, 0.1) is 29.2 Å². The Morgan fingerprint density at radius 1 is 1.03 bits per heavy atom. The van der Waals surface area contributed by atoms with Crippen LogP contribution in [0.25, 0.3) is 10.8 Å². The number of fused-ring (bicyclic) bond motifs is 2. The lowest BCUT2D eigenvalue weighted by atomic mass is 9.95. The van der Waals surface area contributed by atoms with Crippen molar-refractivity contribution in [1.82, 2.24) is 8.61 Å². The minimum atomic E-state index is -4.09. The zero-order valence-corrected chi connectivity index (χ0v) is 18.0. The van der Waals surface area contributed by atoms with Gasteiger partial charge < -0.3 is 0 Å². The van der Waals surface area contributed by atoms with Crippen LogP contribution in [0.5, 0.6) is 0 Å². The van der Waals surface area contributed by atoms with Gasteiger partial charge in [-0.05, 0) is 35.7 Å². The Labute approximate surface area is 171 Å². The highest BCUT2D eigenvalue weighted by molar-refractivity contribution is 7.89. The molecule has 29 heavy (non-hydrogen) atoms. The van der Waals surface area contributed by atoms with Gasteiger partial charge in [-0.25, -0.2) is 21.1 Å². The van der Waals surface area contributed by atoms with Gasteiger partial charge in [-0.2, -0.15) is 4.31 Å². The fraction of sp³-hybridized carbons (Fsp3) is 0.450. The van der Waals surface area contributed by atoms with Gasteiger partial charge in [0.25, 0.3) is 10.0 Å². The first-order valence-corrected chi connectivity index (χ1v) is 13.0. The van der Waals surface area contributed by atoms with E-state index < -0.39 is 44.0 Å². The second-order valence-electron chi connectivity index (χ2n) is 7.76. The van der Waals surface area contributed by atoms with Crippen molar-refractivity contribution >= 4 is 36.7 Å². The number of sulfonamides is 2. The van der Waals surface area contributed by atoms with Crippen molar-refractivity contribution in [3.63, 3.8) is 0 Å². The van der Waals surface area contributed by atoms with E-state index in [0.717, 1.165) is 21.3 Å². The average Bonchev–Trinajstić information content (AvgIpc) is 3.20. The third kappa shape index (κ3) is 3.25. The molecule has 2 heterocycles. The SMILES string of the molecule is CCC[C@H]1C(=O)N(S(=O)(=O)c2ccc3ccccc3c2)[C@H]2CCN(S(C)(=O)=O)[C@H]12. The largest absolute Gasteiger partial charge is 0.273 e. The van der Waals surface area contributed by atoms with Gasteiger partial charge in [0, 0.05) is 6.54 Å². The Hall–Kier alpha value is -1.97. The summed E-state index contributed by atoms with van der Waals surface area (Å²) in [6.07, 6.45) is 2.55. The van der Waals surface area contributed by atoms with E-state index in [-0.39, 0.29) is 11.4 Å². The summed E-state index contributed by atoms with van der Waals surface area (Å²) in [4.78, 5) is 13.2. The zero-order valence-electron chi connectivity index (χ0n) is 16.4. The van der Waals surface area contributed by atoms with Gasteiger partial charge in [-0.1, -0.05) is 43.7 Å². The summed E-state index contributed by atoms with van der Waals surface area (Å²) in [5, 5.41) is 1.68. The third-order valence-corrected chi connectivity index (χ3v) is 9.02. The molecule has 0 saturated carbocycles. The summed E-state index contributed by atoms with van der Waals surface area (Å²) in [5.74, 6) is -1.14. The van der Waals surface area contributed by atoms with E-state index in [0.29, 0.717) is 19.3 Å². The molecule has 0 aromatic heterocycles. The molecule has 0 unspecified atom stereocenters. The average molecular weight is 437 g/mol. The first kappa shape index (κ1) is 20.3. The molecule has 2 aromatic carbocycles. The second-order valence-corrected chi connectivity index (χ2v) is 11.5. The summed E-state index contributed by atoms with van der Waals surface area (Å²) in [6, 6.07) is 10.9. The Kier molecular flexibility index (Phi) is 4.95. The lowest BCUT2D eigenvalue weighted by Gasteiger charge is -2.25. The number of amides is 1. The fourth-order valence-electron chi connectivity index (χ4n) is 4.70. The van der Waals surface area contributed by atoms with E-state index in [1.165, 1.54) is 10.4 Å². The molecule has 2 fully saturated rings. The predicted molar refractivity (Wildman–Crippen MR) is 110 cm³/mol. The van der Waals surface area contributed by atoms with Crippen LogP contribution in [0.1, 0.15) is 26.2 Å². The van der Waals surface area contributed by atoms with Gasteiger partial charge in [-0.3, -0.25) is 4.79 Å². The summed E-state index contributed by atoms with van der Waals surface area (Å²) in [6.45, 7) is 2.13. The Bertz CT molecular complexity index is 1180. The molecule has 1 amide bonds. The minimum absolute atomic E-state index is 0.0539. The molecule has 2 aliphatic rings. The molecule has 2 saturated heterocycles. The van der Waals surface area contributed by atoms with E-state index in [4.69, 9.17) is 0 Å².